The Bertz CT molecular complexity index is 520. The summed E-state index contributed by atoms with van der Waals surface area (Å²) in [5, 5.41) is 8.24. The maximum atomic E-state index is 4.67. The number of pyridine rings is 1. The predicted molar refractivity (Wildman–Crippen MR) is 58.7 cm³/mol. The average Bonchev–Trinajstić information content (AvgIpc) is 2.26. The summed E-state index contributed by atoms with van der Waals surface area (Å²) < 4.78 is 0. The molecule has 0 atom stereocenters. The molecule has 2 aromatic rings. The van der Waals surface area contributed by atoms with Gasteiger partial charge < -0.3 is 0 Å². The first-order chi connectivity index (χ1) is 7.33. The second-order valence-corrected chi connectivity index (χ2v) is 4.19. The van der Waals surface area contributed by atoms with Gasteiger partial charge in [-0.15, -0.1) is 5.10 Å². The molecule has 0 radical (unpaired) electrons. The minimum absolute atomic E-state index is 0.932. The largest absolute Gasteiger partial charge is 0.251 e. The van der Waals surface area contributed by atoms with E-state index in [1.54, 1.807) is 0 Å². The quantitative estimate of drug-likeness (QED) is 0.653. The van der Waals surface area contributed by atoms with Crippen LogP contribution in [0.2, 0.25) is 0 Å². The maximum absolute atomic E-state index is 4.67. The van der Waals surface area contributed by atoms with Gasteiger partial charge in [-0.05, 0) is 50.3 Å². The van der Waals surface area contributed by atoms with Gasteiger partial charge in [0, 0.05) is 5.69 Å². The Morgan fingerprint density at radius 2 is 1.87 bits per heavy atom. The fourth-order valence-electron chi connectivity index (χ4n) is 2.18. The van der Waals surface area contributed by atoms with Crippen LogP contribution in [0.15, 0.2) is 12.1 Å². The molecule has 0 saturated carbocycles. The van der Waals surface area contributed by atoms with Crippen LogP contribution in [0.4, 0.5) is 0 Å². The minimum Gasteiger partial charge on any atom is -0.251 e. The van der Waals surface area contributed by atoms with Crippen molar-refractivity contribution in [3.05, 3.63) is 29.1 Å². The van der Waals surface area contributed by atoms with Crippen LogP contribution in [0.25, 0.3) is 11.0 Å². The van der Waals surface area contributed by atoms with Crippen molar-refractivity contribution < 1.29 is 0 Å². The van der Waals surface area contributed by atoms with E-state index in [9.17, 15) is 0 Å². The number of hydrogen-bond donors (Lipinski definition) is 0. The van der Waals surface area contributed by atoms with E-state index in [1.165, 1.54) is 24.1 Å². The molecule has 2 aromatic heterocycles. The highest BCUT2D eigenvalue weighted by molar-refractivity contribution is 5.74. The molecule has 0 N–H and O–H groups in total. The lowest BCUT2D eigenvalue weighted by atomic mass is 9.96. The zero-order valence-electron chi connectivity index (χ0n) is 8.82. The van der Waals surface area contributed by atoms with E-state index in [2.05, 4.69) is 21.2 Å². The number of rotatable bonds is 0. The molecular weight excluding hydrogens is 186 g/mol. The molecule has 1 aliphatic rings. The van der Waals surface area contributed by atoms with Crippen molar-refractivity contribution in [1.82, 2.24) is 15.2 Å². The highest BCUT2D eigenvalue weighted by Crippen LogP contribution is 2.22. The zero-order valence-corrected chi connectivity index (χ0v) is 8.82. The summed E-state index contributed by atoms with van der Waals surface area (Å²) in [6, 6.07) is 4.17. The number of nitrogens with zero attached hydrogens (tertiary/aromatic N) is 3. The van der Waals surface area contributed by atoms with Crippen molar-refractivity contribution in [3.63, 3.8) is 0 Å². The molecule has 0 aromatic carbocycles. The van der Waals surface area contributed by atoms with Crippen molar-refractivity contribution in [2.24, 2.45) is 0 Å². The minimum atomic E-state index is 0.932. The third kappa shape index (κ3) is 1.48. The lowest BCUT2D eigenvalue weighted by Crippen LogP contribution is -2.06. The van der Waals surface area contributed by atoms with Gasteiger partial charge in [-0.25, -0.2) is 0 Å². The first-order valence-electron chi connectivity index (χ1n) is 5.46. The fourth-order valence-corrected chi connectivity index (χ4v) is 2.18. The van der Waals surface area contributed by atoms with Crippen molar-refractivity contribution in [3.8, 4) is 0 Å². The van der Waals surface area contributed by atoms with Crippen LogP contribution in [-0.4, -0.2) is 15.2 Å². The Morgan fingerprint density at radius 3 is 2.80 bits per heavy atom. The molecule has 76 valence electrons. The Kier molecular flexibility index (Phi) is 1.91. The normalized spacial score (nSPS) is 15.3. The van der Waals surface area contributed by atoms with Gasteiger partial charge in [-0.1, -0.05) is 0 Å². The summed E-state index contributed by atoms with van der Waals surface area (Å²) in [6.45, 7) is 1.95. The van der Waals surface area contributed by atoms with E-state index in [1.807, 2.05) is 13.0 Å². The highest BCUT2D eigenvalue weighted by atomic mass is 15.1. The van der Waals surface area contributed by atoms with Crippen molar-refractivity contribution >= 4 is 11.0 Å². The highest BCUT2D eigenvalue weighted by Gasteiger charge is 2.12. The summed E-state index contributed by atoms with van der Waals surface area (Å²) in [5.41, 5.74) is 5.49. The smallest absolute Gasteiger partial charge is 0.112 e. The summed E-state index contributed by atoms with van der Waals surface area (Å²) in [5.74, 6) is 0. The molecule has 1 aliphatic carbocycles. The second-order valence-electron chi connectivity index (χ2n) is 4.19. The lowest BCUT2D eigenvalue weighted by molar-refractivity contribution is 0.670. The molecule has 0 amide bonds. The molecule has 0 aliphatic heterocycles. The third-order valence-electron chi connectivity index (χ3n) is 2.97. The molecule has 0 unspecified atom stereocenters. The molecule has 3 rings (SSSR count). The van der Waals surface area contributed by atoms with Gasteiger partial charge in [0.2, 0.25) is 0 Å². The Labute approximate surface area is 88.6 Å². The number of aromatic nitrogens is 3. The van der Waals surface area contributed by atoms with Crippen molar-refractivity contribution in [2.45, 2.75) is 32.6 Å². The van der Waals surface area contributed by atoms with Crippen LogP contribution in [0.3, 0.4) is 0 Å². The Morgan fingerprint density at radius 1 is 1.00 bits per heavy atom. The Hall–Kier alpha value is -1.51. The summed E-state index contributed by atoms with van der Waals surface area (Å²) in [4.78, 5) is 4.67. The van der Waals surface area contributed by atoms with Crippen LogP contribution in [0.1, 0.15) is 29.8 Å². The van der Waals surface area contributed by atoms with Gasteiger partial charge in [-0.2, -0.15) is 5.10 Å². The lowest BCUT2D eigenvalue weighted by Gasteiger charge is -2.14. The molecule has 0 fully saturated rings. The van der Waals surface area contributed by atoms with Gasteiger partial charge in [-0.3, -0.25) is 4.98 Å². The van der Waals surface area contributed by atoms with Gasteiger partial charge in [0.15, 0.2) is 0 Å². The van der Waals surface area contributed by atoms with Gasteiger partial charge >= 0.3 is 0 Å². The zero-order chi connectivity index (χ0) is 10.3. The van der Waals surface area contributed by atoms with Gasteiger partial charge in [0.1, 0.15) is 5.52 Å². The molecule has 0 saturated heterocycles. The van der Waals surface area contributed by atoms with Crippen LogP contribution in [-0.2, 0) is 12.8 Å². The molecule has 3 heteroatoms. The topological polar surface area (TPSA) is 38.7 Å². The van der Waals surface area contributed by atoms with Crippen LogP contribution < -0.4 is 0 Å². The summed E-state index contributed by atoms with van der Waals surface area (Å²) in [6.07, 6.45) is 4.81. The van der Waals surface area contributed by atoms with Crippen molar-refractivity contribution in [2.75, 3.05) is 0 Å². The number of aryl methyl sites for hydroxylation is 3. The molecular formula is C12H13N3. The SMILES string of the molecule is Cc1cc2nc3c(cc2nn1)CCCC3. The van der Waals surface area contributed by atoms with E-state index in [4.69, 9.17) is 0 Å². The molecule has 0 bridgehead atoms. The van der Waals surface area contributed by atoms with E-state index in [-0.39, 0.29) is 0 Å². The molecule has 0 spiro atoms. The van der Waals surface area contributed by atoms with Crippen LogP contribution in [0, 0.1) is 6.92 Å². The fraction of sp³-hybridized carbons (Fsp3) is 0.417. The Balaban J connectivity index is 2.26. The molecule has 2 heterocycles. The standard InChI is InChI=1S/C12H13N3/c1-8-6-11-12(15-14-8)7-9-4-2-3-5-10(9)13-11/h6-7H,2-5H2,1H3. The van der Waals surface area contributed by atoms with Crippen LogP contribution in [0.5, 0.6) is 0 Å². The first kappa shape index (κ1) is 8.77. The third-order valence-corrected chi connectivity index (χ3v) is 2.97. The average molecular weight is 199 g/mol. The second kappa shape index (κ2) is 3.26. The number of fused-ring (bicyclic) bond motifs is 2. The maximum Gasteiger partial charge on any atom is 0.112 e. The first-order valence-corrected chi connectivity index (χ1v) is 5.46. The van der Waals surface area contributed by atoms with Crippen LogP contribution >= 0.6 is 0 Å². The van der Waals surface area contributed by atoms with Gasteiger partial charge in [0.25, 0.3) is 0 Å². The van der Waals surface area contributed by atoms with E-state index >= 15 is 0 Å². The molecule has 15 heavy (non-hydrogen) atoms. The van der Waals surface area contributed by atoms with Crippen molar-refractivity contribution in [1.29, 1.82) is 0 Å². The van der Waals surface area contributed by atoms with E-state index < -0.39 is 0 Å². The van der Waals surface area contributed by atoms with Gasteiger partial charge in [0.05, 0.1) is 11.2 Å². The summed E-state index contributed by atoms with van der Waals surface area (Å²) >= 11 is 0. The number of hydrogen-bond acceptors (Lipinski definition) is 3. The predicted octanol–water partition coefficient (Wildman–Crippen LogP) is 2.21. The monoisotopic (exact) mass is 199 g/mol. The molecule has 3 nitrogen and oxygen atoms in total. The van der Waals surface area contributed by atoms with E-state index in [0.717, 1.165) is 29.6 Å². The van der Waals surface area contributed by atoms with E-state index in [0.29, 0.717) is 0 Å². The summed E-state index contributed by atoms with van der Waals surface area (Å²) in [7, 11) is 0.